The van der Waals surface area contributed by atoms with Crippen LogP contribution in [0.3, 0.4) is 0 Å². The molecule has 0 radical (unpaired) electrons. The van der Waals surface area contributed by atoms with Gasteiger partial charge in [-0.2, -0.15) is 0 Å². The monoisotopic (exact) mass is 253 g/mol. The van der Waals surface area contributed by atoms with E-state index in [0.717, 1.165) is 23.0 Å². The molecule has 0 bridgehead atoms. The summed E-state index contributed by atoms with van der Waals surface area (Å²) in [5, 5.41) is 0. The third-order valence-electron chi connectivity index (χ3n) is 2.62. The molecule has 0 atom stereocenters. The van der Waals surface area contributed by atoms with Gasteiger partial charge in [0.2, 0.25) is 5.91 Å². The SMILES string of the molecule is CN1C(=O)CCCc2cccc(Br)c21. The van der Waals surface area contributed by atoms with E-state index in [9.17, 15) is 4.79 Å². The average Bonchev–Trinajstić information content (AvgIpc) is 2.29. The Morgan fingerprint density at radius 2 is 2.14 bits per heavy atom. The highest BCUT2D eigenvalue weighted by Gasteiger charge is 2.20. The van der Waals surface area contributed by atoms with Gasteiger partial charge < -0.3 is 4.90 Å². The van der Waals surface area contributed by atoms with Gasteiger partial charge in [0.25, 0.3) is 0 Å². The van der Waals surface area contributed by atoms with E-state index >= 15 is 0 Å². The number of amides is 1. The molecule has 0 spiro atoms. The summed E-state index contributed by atoms with van der Waals surface area (Å²) in [7, 11) is 1.84. The number of carbonyl (C=O) groups excluding carboxylic acids is 1. The van der Waals surface area contributed by atoms with Crippen LogP contribution in [0.25, 0.3) is 0 Å². The Morgan fingerprint density at radius 1 is 1.36 bits per heavy atom. The molecule has 2 rings (SSSR count). The van der Waals surface area contributed by atoms with E-state index in [1.165, 1.54) is 5.56 Å². The molecule has 74 valence electrons. The van der Waals surface area contributed by atoms with Gasteiger partial charge >= 0.3 is 0 Å². The molecule has 1 amide bonds. The Balaban J connectivity index is 2.55. The number of nitrogens with zero attached hydrogens (tertiary/aromatic N) is 1. The van der Waals surface area contributed by atoms with Gasteiger partial charge in [0.15, 0.2) is 0 Å². The zero-order valence-corrected chi connectivity index (χ0v) is 9.67. The van der Waals surface area contributed by atoms with Crippen LogP contribution >= 0.6 is 15.9 Å². The number of aryl methyl sites for hydroxylation is 1. The molecule has 0 saturated heterocycles. The molecule has 0 aromatic heterocycles. The van der Waals surface area contributed by atoms with Crippen LogP contribution in [0.2, 0.25) is 0 Å². The van der Waals surface area contributed by atoms with Crippen molar-refractivity contribution in [2.24, 2.45) is 0 Å². The number of anilines is 1. The molecule has 0 saturated carbocycles. The molecule has 14 heavy (non-hydrogen) atoms. The number of carbonyl (C=O) groups is 1. The number of fused-ring (bicyclic) bond motifs is 1. The molecule has 0 N–H and O–H groups in total. The van der Waals surface area contributed by atoms with E-state index in [1.807, 2.05) is 19.2 Å². The van der Waals surface area contributed by atoms with E-state index in [-0.39, 0.29) is 5.91 Å². The summed E-state index contributed by atoms with van der Waals surface area (Å²) < 4.78 is 1.01. The van der Waals surface area contributed by atoms with Crippen molar-refractivity contribution in [3.8, 4) is 0 Å². The van der Waals surface area contributed by atoms with Crippen molar-refractivity contribution < 1.29 is 4.79 Å². The molecule has 1 aromatic carbocycles. The maximum absolute atomic E-state index is 11.6. The van der Waals surface area contributed by atoms with Crippen molar-refractivity contribution >= 4 is 27.5 Å². The molecule has 1 aromatic rings. The van der Waals surface area contributed by atoms with Crippen LogP contribution in [-0.4, -0.2) is 13.0 Å². The molecule has 3 heteroatoms. The largest absolute Gasteiger partial charge is 0.314 e. The van der Waals surface area contributed by atoms with E-state index in [0.29, 0.717) is 6.42 Å². The summed E-state index contributed by atoms with van der Waals surface area (Å²) in [6, 6.07) is 6.09. The van der Waals surface area contributed by atoms with Crippen molar-refractivity contribution in [2.45, 2.75) is 19.3 Å². The lowest BCUT2D eigenvalue weighted by Gasteiger charge is -2.18. The number of hydrogen-bond donors (Lipinski definition) is 0. The van der Waals surface area contributed by atoms with Crippen molar-refractivity contribution in [1.29, 1.82) is 0 Å². The fourth-order valence-electron chi connectivity index (χ4n) is 1.86. The molecular weight excluding hydrogens is 242 g/mol. The van der Waals surface area contributed by atoms with Gasteiger partial charge in [-0.1, -0.05) is 12.1 Å². The number of para-hydroxylation sites is 1. The zero-order valence-electron chi connectivity index (χ0n) is 8.09. The first-order chi connectivity index (χ1) is 6.70. The second kappa shape index (κ2) is 3.73. The summed E-state index contributed by atoms with van der Waals surface area (Å²) in [5.74, 6) is 0.204. The fraction of sp³-hybridized carbons (Fsp3) is 0.364. The number of halogens is 1. The van der Waals surface area contributed by atoms with Crippen LogP contribution in [0.4, 0.5) is 5.69 Å². The smallest absolute Gasteiger partial charge is 0.226 e. The van der Waals surface area contributed by atoms with Gasteiger partial charge in [-0.25, -0.2) is 0 Å². The van der Waals surface area contributed by atoms with Crippen LogP contribution in [0.1, 0.15) is 18.4 Å². The molecule has 1 aliphatic rings. The molecule has 1 aliphatic heterocycles. The summed E-state index contributed by atoms with van der Waals surface area (Å²) in [4.78, 5) is 13.4. The van der Waals surface area contributed by atoms with E-state index in [1.54, 1.807) is 4.90 Å². The Bertz CT molecular complexity index is 376. The van der Waals surface area contributed by atoms with Crippen molar-refractivity contribution in [2.75, 3.05) is 11.9 Å². The molecule has 0 fully saturated rings. The van der Waals surface area contributed by atoms with Gasteiger partial charge in [0, 0.05) is 17.9 Å². The number of benzene rings is 1. The van der Waals surface area contributed by atoms with Crippen LogP contribution < -0.4 is 4.90 Å². The fourth-order valence-corrected chi connectivity index (χ4v) is 2.53. The Kier molecular flexibility index (Phi) is 2.59. The van der Waals surface area contributed by atoms with Crippen LogP contribution in [0, 0.1) is 0 Å². The van der Waals surface area contributed by atoms with Gasteiger partial charge in [-0.05, 0) is 40.4 Å². The summed E-state index contributed by atoms with van der Waals surface area (Å²) >= 11 is 3.49. The minimum absolute atomic E-state index is 0.204. The minimum atomic E-state index is 0.204. The summed E-state index contributed by atoms with van der Waals surface area (Å²) in [5.41, 5.74) is 2.29. The van der Waals surface area contributed by atoms with Gasteiger partial charge in [-0.3, -0.25) is 4.79 Å². The molecule has 0 unspecified atom stereocenters. The Morgan fingerprint density at radius 3 is 2.93 bits per heavy atom. The lowest BCUT2D eigenvalue weighted by atomic mass is 10.1. The normalized spacial score (nSPS) is 16.4. The van der Waals surface area contributed by atoms with Gasteiger partial charge in [0.05, 0.1) is 5.69 Å². The first-order valence-corrected chi connectivity index (χ1v) is 5.53. The summed E-state index contributed by atoms with van der Waals surface area (Å²) in [6.45, 7) is 0. The Labute approximate surface area is 92.0 Å². The molecule has 0 aliphatic carbocycles. The van der Waals surface area contributed by atoms with Gasteiger partial charge in [-0.15, -0.1) is 0 Å². The highest BCUT2D eigenvalue weighted by molar-refractivity contribution is 9.10. The third kappa shape index (κ3) is 1.57. The first kappa shape index (κ1) is 9.71. The quantitative estimate of drug-likeness (QED) is 0.697. The van der Waals surface area contributed by atoms with Crippen molar-refractivity contribution in [1.82, 2.24) is 0 Å². The topological polar surface area (TPSA) is 20.3 Å². The standard InChI is InChI=1S/C11H12BrNO/c1-13-10(14)7-3-5-8-4-2-6-9(12)11(8)13/h2,4,6H,3,5,7H2,1H3. The number of rotatable bonds is 0. The van der Waals surface area contributed by atoms with Crippen LogP contribution in [0.15, 0.2) is 22.7 Å². The van der Waals surface area contributed by atoms with E-state index in [4.69, 9.17) is 0 Å². The highest BCUT2D eigenvalue weighted by Crippen LogP contribution is 2.32. The van der Waals surface area contributed by atoms with E-state index < -0.39 is 0 Å². The Hall–Kier alpha value is -0.830. The van der Waals surface area contributed by atoms with Gasteiger partial charge in [0.1, 0.15) is 0 Å². The van der Waals surface area contributed by atoms with Crippen LogP contribution in [0.5, 0.6) is 0 Å². The second-order valence-corrected chi connectivity index (χ2v) is 4.41. The van der Waals surface area contributed by atoms with E-state index in [2.05, 4.69) is 22.0 Å². The first-order valence-electron chi connectivity index (χ1n) is 4.74. The lowest BCUT2D eigenvalue weighted by Crippen LogP contribution is -2.25. The number of hydrogen-bond acceptors (Lipinski definition) is 1. The second-order valence-electron chi connectivity index (χ2n) is 3.55. The van der Waals surface area contributed by atoms with Crippen molar-refractivity contribution in [3.05, 3.63) is 28.2 Å². The molecule has 2 nitrogen and oxygen atoms in total. The highest BCUT2D eigenvalue weighted by atomic mass is 79.9. The average molecular weight is 254 g/mol. The maximum atomic E-state index is 11.6. The molecular formula is C11H12BrNO. The summed E-state index contributed by atoms with van der Waals surface area (Å²) in [6.07, 6.45) is 2.59. The predicted octanol–water partition coefficient (Wildman–Crippen LogP) is 2.75. The third-order valence-corrected chi connectivity index (χ3v) is 3.26. The minimum Gasteiger partial charge on any atom is -0.314 e. The zero-order chi connectivity index (χ0) is 10.1. The molecule has 1 heterocycles. The van der Waals surface area contributed by atoms with Crippen molar-refractivity contribution in [3.63, 3.8) is 0 Å². The lowest BCUT2D eigenvalue weighted by molar-refractivity contribution is -0.118. The maximum Gasteiger partial charge on any atom is 0.226 e. The predicted molar refractivity (Wildman–Crippen MR) is 60.5 cm³/mol. The van der Waals surface area contributed by atoms with Crippen LogP contribution in [-0.2, 0) is 11.2 Å².